The molecule has 7 nitrogen and oxygen atoms in total. The Labute approximate surface area is 178 Å². The first-order chi connectivity index (χ1) is 14.9. The number of aromatic nitrogens is 2. The molecule has 0 saturated carbocycles. The van der Waals surface area contributed by atoms with Gasteiger partial charge in [-0.15, -0.1) is 0 Å². The molecular weight excluding hydrogens is 426 g/mol. The smallest absolute Gasteiger partial charge is 0.274 e. The van der Waals surface area contributed by atoms with Gasteiger partial charge in [0.2, 0.25) is 10.0 Å². The van der Waals surface area contributed by atoms with E-state index in [1.165, 1.54) is 44.3 Å². The van der Waals surface area contributed by atoms with Crippen LogP contribution >= 0.6 is 0 Å². The number of para-hydroxylation sites is 1. The molecule has 31 heavy (non-hydrogen) atoms. The van der Waals surface area contributed by atoms with Crippen molar-refractivity contribution in [2.45, 2.75) is 11.3 Å². The van der Waals surface area contributed by atoms with Crippen molar-refractivity contribution in [2.75, 3.05) is 26.2 Å². The van der Waals surface area contributed by atoms with Gasteiger partial charge < -0.3 is 4.90 Å². The van der Waals surface area contributed by atoms with Gasteiger partial charge in [0.1, 0.15) is 17.3 Å². The highest BCUT2D eigenvalue weighted by molar-refractivity contribution is 7.89. The molecule has 0 N–H and O–H groups in total. The van der Waals surface area contributed by atoms with Gasteiger partial charge in [0.15, 0.2) is 5.69 Å². The van der Waals surface area contributed by atoms with E-state index >= 15 is 0 Å². The quantitative estimate of drug-likeness (QED) is 0.618. The van der Waals surface area contributed by atoms with E-state index in [-0.39, 0.29) is 41.8 Å². The minimum absolute atomic E-state index is 0.0114. The lowest BCUT2D eigenvalue weighted by atomic mass is 10.3. The molecule has 1 amide bonds. The molecule has 0 bridgehead atoms. The zero-order chi connectivity index (χ0) is 22.0. The second-order valence-electron chi connectivity index (χ2n) is 7.10. The Morgan fingerprint density at radius 1 is 0.903 bits per heavy atom. The molecule has 4 rings (SSSR count). The van der Waals surface area contributed by atoms with Crippen LogP contribution in [0.25, 0.3) is 5.69 Å². The van der Waals surface area contributed by atoms with Crippen LogP contribution in [0.15, 0.2) is 65.7 Å². The number of carbonyl (C=O) groups is 1. The van der Waals surface area contributed by atoms with Crippen LogP contribution in [0.1, 0.15) is 16.9 Å². The topological polar surface area (TPSA) is 75.5 Å². The van der Waals surface area contributed by atoms with E-state index in [1.807, 2.05) is 0 Å². The summed E-state index contributed by atoms with van der Waals surface area (Å²) >= 11 is 0. The van der Waals surface area contributed by atoms with E-state index in [0.29, 0.717) is 13.0 Å². The third-order valence-corrected chi connectivity index (χ3v) is 7.01. The van der Waals surface area contributed by atoms with Crippen LogP contribution in [-0.4, -0.2) is 59.5 Å². The van der Waals surface area contributed by atoms with Gasteiger partial charge in [-0.3, -0.25) is 4.79 Å². The van der Waals surface area contributed by atoms with Crippen LogP contribution in [0.5, 0.6) is 0 Å². The molecule has 2 heterocycles. The lowest BCUT2D eigenvalue weighted by Gasteiger charge is -2.21. The number of carbonyl (C=O) groups excluding carboxylic acids is 1. The highest BCUT2D eigenvalue weighted by atomic mass is 32.2. The minimum atomic E-state index is -3.79. The van der Waals surface area contributed by atoms with Gasteiger partial charge in [-0.2, -0.15) is 9.40 Å². The summed E-state index contributed by atoms with van der Waals surface area (Å²) in [5.41, 5.74) is 0.382. The highest BCUT2D eigenvalue weighted by Gasteiger charge is 2.29. The Bertz CT molecular complexity index is 1200. The summed E-state index contributed by atoms with van der Waals surface area (Å²) in [5.74, 6) is -1.32. The average molecular weight is 446 g/mol. The maximum atomic E-state index is 14.0. The Balaban J connectivity index is 1.47. The van der Waals surface area contributed by atoms with Crippen LogP contribution in [0.3, 0.4) is 0 Å². The summed E-state index contributed by atoms with van der Waals surface area (Å²) in [6.45, 7) is 0.902. The fraction of sp³-hybridized carbons (Fsp3) is 0.238. The molecule has 1 aliphatic rings. The number of sulfonamides is 1. The molecule has 0 atom stereocenters. The van der Waals surface area contributed by atoms with Crippen molar-refractivity contribution < 1.29 is 22.0 Å². The lowest BCUT2D eigenvalue weighted by molar-refractivity contribution is 0.0758. The third kappa shape index (κ3) is 4.35. The van der Waals surface area contributed by atoms with Crippen LogP contribution in [-0.2, 0) is 10.0 Å². The molecule has 3 aromatic rings. The molecule has 2 aromatic carbocycles. The lowest BCUT2D eigenvalue weighted by Crippen LogP contribution is -2.37. The normalized spacial score (nSPS) is 15.6. The van der Waals surface area contributed by atoms with E-state index in [1.54, 1.807) is 18.2 Å². The minimum Gasteiger partial charge on any atom is -0.336 e. The maximum Gasteiger partial charge on any atom is 0.274 e. The van der Waals surface area contributed by atoms with Crippen molar-refractivity contribution in [3.63, 3.8) is 0 Å². The molecule has 0 unspecified atom stereocenters. The predicted molar refractivity (Wildman–Crippen MR) is 109 cm³/mol. The monoisotopic (exact) mass is 446 g/mol. The molecule has 0 radical (unpaired) electrons. The molecule has 1 aromatic heterocycles. The maximum absolute atomic E-state index is 14.0. The van der Waals surface area contributed by atoms with Gasteiger partial charge in [0, 0.05) is 32.4 Å². The largest absolute Gasteiger partial charge is 0.336 e. The van der Waals surface area contributed by atoms with Crippen molar-refractivity contribution in [2.24, 2.45) is 0 Å². The van der Waals surface area contributed by atoms with E-state index in [9.17, 15) is 22.0 Å². The first kappa shape index (κ1) is 21.1. The van der Waals surface area contributed by atoms with Crippen molar-refractivity contribution in [3.8, 4) is 5.69 Å². The molecule has 10 heteroatoms. The van der Waals surface area contributed by atoms with Gasteiger partial charge in [-0.1, -0.05) is 12.1 Å². The van der Waals surface area contributed by atoms with Gasteiger partial charge in [0.05, 0.1) is 4.90 Å². The number of rotatable bonds is 4. The first-order valence-electron chi connectivity index (χ1n) is 9.72. The number of hydrogen-bond acceptors (Lipinski definition) is 4. The molecule has 0 aliphatic carbocycles. The van der Waals surface area contributed by atoms with Gasteiger partial charge in [-0.05, 0) is 48.9 Å². The SMILES string of the molecule is O=C(c1ccn(-c2ccccc2F)n1)N1CCCN(S(=O)(=O)c2ccc(F)cc2)CC1. The molecule has 1 saturated heterocycles. The standard InChI is InChI=1S/C21H20F2N4O3S/c22-16-6-8-17(9-7-16)31(29,30)26-12-3-11-25(14-15-26)21(28)19-10-13-27(24-19)20-5-2-1-4-18(20)23/h1-2,4-10,13H,3,11-12,14-15H2. The zero-order valence-corrected chi connectivity index (χ0v) is 17.3. The number of benzene rings is 2. The van der Waals surface area contributed by atoms with Crippen LogP contribution in [0, 0.1) is 11.6 Å². The number of hydrogen-bond donors (Lipinski definition) is 0. The summed E-state index contributed by atoms with van der Waals surface area (Å²) in [6, 6.07) is 12.3. The second kappa shape index (κ2) is 8.56. The molecule has 1 aliphatic heterocycles. The van der Waals surface area contributed by atoms with Crippen LogP contribution in [0.4, 0.5) is 8.78 Å². The molecular formula is C21H20F2N4O3S. The summed E-state index contributed by atoms with van der Waals surface area (Å²) in [4.78, 5) is 14.4. The van der Waals surface area contributed by atoms with Crippen molar-refractivity contribution >= 4 is 15.9 Å². The van der Waals surface area contributed by atoms with E-state index in [2.05, 4.69) is 5.10 Å². The van der Waals surface area contributed by atoms with E-state index in [4.69, 9.17) is 0 Å². The summed E-state index contributed by atoms with van der Waals surface area (Å²) in [7, 11) is -3.79. The Kier molecular flexibility index (Phi) is 5.84. The van der Waals surface area contributed by atoms with Gasteiger partial charge in [-0.25, -0.2) is 21.9 Å². The van der Waals surface area contributed by atoms with Crippen LogP contribution < -0.4 is 0 Å². The van der Waals surface area contributed by atoms with Gasteiger partial charge in [0.25, 0.3) is 5.91 Å². The fourth-order valence-electron chi connectivity index (χ4n) is 3.46. The molecule has 0 spiro atoms. The number of halogens is 2. The zero-order valence-electron chi connectivity index (χ0n) is 16.5. The van der Waals surface area contributed by atoms with E-state index in [0.717, 1.165) is 12.1 Å². The second-order valence-corrected chi connectivity index (χ2v) is 9.04. The Morgan fingerprint density at radius 2 is 1.65 bits per heavy atom. The van der Waals surface area contributed by atoms with Crippen molar-refractivity contribution in [1.29, 1.82) is 0 Å². The van der Waals surface area contributed by atoms with Gasteiger partial charge >= 0.3 is 0 Å². The summed E-state index contributed by atoms with van der Waals surface area (Å²) in [6.07, 6.45) is 1.95. The first-order valence-corrected chi connectivity index (χ1v) is 11.2. The molecule has 1 fully saturated rings. The average Bonchev–Trinajstić information content (AvgIpc) is 3.10. The third-order valence-electron chi connectivity index (χ3n) is 5.10. The van der Waals surface area contributed by atoms with E-state index < -0.39 is 21.7 Å². The summed E-state index contributed by atoms with van der Waals surface area (Å²) < 4.78 is 55.4. The molecule has 162 valence electrons. The van der Waals surface area contributed by atoms with Crippen molar-refractivity contribution in [3.05, 3.63) is 78.1 Å². The predicted octanol–water partition coefficient (Wildman–Crippen LogP) is 2.69. The fourth-order valence-corrected chi connectivity index (χ4v) is 4.93. The Morgan fingerprint density at radius 3 is 2.39 bits per heavy atom. The number of amides is 1. The number of nitrogens with zero attached hydrogens (tertiary/aromatic N) is 4. The Hall–Kier alpha value is -3.11. The summed E-state index contributed by atoms with van der Waals surface area (Å²) in [5, 5.41) is 4.19. The van der Waals surface area contributed by atoms with Crippen molar-refractivity contribution in [1.82, 2.24) is 19.0 Å². The van der Waals surface area contributed by atoms with Crippen LogP contribution in [0.2, 0.25) is 0 Å². The highest BCUT2D eigenvalue weighted by Crippen LogP contribution is 2.19.